The van der Waals surface area contributed by atoms with Crippen molar-refractivity contribution in [3.63, 3.8) is 0 Å². The van der Waals surface area contributed by atoms with Crippen LogP contribution in [-0.2, 0) is 11.1 Å². The van der Waals surface area contributed by atoms with E-state index in [0.717, 1.165) is 6.07 Å². The molecular formula is C9H9FO3S. The highest BCUT2D eigenvalue weighted by Crippen LogP contribution is 2.09. The quantitative estimate of drug-likeness (QED) is 0.616. The van der Waals surface area contributed by atoms with Crippen LogP contribution >= 0.6 is 0 Å². The molecule has 0 radical (unpaired) electrons. The molecule has 0 fully saturated rings. The third kappa shape index (κ3) is 2.71. The van der Waals surface area contributed by atoms with Gasteiger partial charge in [-0.15, -0.1) is 0 Å². The van der Waals surface area contributed by atoms with Crippen molar-refractivity contribution in [1.82, 2.24) is 0 Å². The van der Waals surface area contributed by atoms with E-state index in [1.165, 1.54) is 12.1 Å². The van der Waals surface area contributed by atoms with E-state index < -0.39 is 28.4 Å². The lowest BCUT2D eigenvalue weighted by Crippen LogP contribution is -2.10. The third-order valence-corrected chi connectivity index (χ3v) is 2.26. The van der Waals surface area contributed by atoms with Crippen LogP contribution in [0, 0.1) is 12.7 Å². The van der Waals surface area contributed by atoms with Gasteiger partial charge in [0.05, 0.1) is 0 Å². The van der Waals surface area contributed by atoms with Crippen LogP contribution in [0.2, 0.25) is 0 Å². The van der Waals surface area contributed by atoms with E-state index in [0.29, 0.717) is 5.56 Å². The minimum absolute atomic E-state index is 0.121. The van der Waals surface area contributed by atoms with Gasteiger partial charge in [0.2, 0.25) is 0 Å². The molecule has 0 aliphatic carbocycles. The normalized spacial score (nSPS) is 12.5. The summed E-state index contributed by atoms with van der Waals surface area (Å²) in [5.74, 6) is -1.52. The van der Waals surface area contributed by atoms with Gasteiger partial charge in [-0.3, -0.25) is 4.79 Å². The number of hydrogen-bond acceptors (Lipinski definition) is 2. The SMILES string of the molecule is Cc1ccc(C(=O)CS(=O)O)cc1F. The highest BCUT2D eigenvalue weighted by Gasteiger charge is 2.10. The fourth-order valence-corrected chi connectivity index (χ4v) is 1.35. The van der Waals surface area contributed by atoms with E-state index in [4.69, 9.17) is 4.55 Å². The number of aryl methyl sites for hydroxylation is 1. The number of Topliss-reactive ketones (excluding diaryl/α,β-unsaturated/α-hetero) is 1. The van der Waals surface area contributed by atoms with Gasteiger partial charge in [0.25, 0.3) is 0 Å². The smallest absolute Gasteiger partial charge is 0.177 e. The van der Waals surface area contributed by atoms with Gasteiger partial charge in [-0.1, -0.05) is 12.1 Å². The fraction of sp³-hybridized carbons (Fsp3) is 0.222. The molecule has 0 saturated carbocycles. The maximum atomic E-state index is 13.0. The van der Waals surface area contributed by atoms with E-state index in [-0.39, 0.29) is 5.56 Å². The first-order valence-electron chi connectivity index (χ1n) is 3.87. The van der Waals surface area contributed by atoms with Gasteiger partial charge in [-0.25, -0.2) is 8.60 Å². The van der Waals surface area contributed by atoms with Gasteiger partial charge in [0, 0.05) is 5.56 Å². The van der Waals surface area contributed by atoms with Crippen molar-refractivity contribution in [3.8, 4) is 0 Å². The zero-order valence-corrected chi connectivity index (χ0v) is 8.31. The van der Waals surface area contributed by atoms with Gasteiger partial charge in [0.15, 0.2) is 16.9 Å². The molecule has 0 aliphatic rings. The minimum Gasteiger partial charge on any atom is -0.306 e. The van der Waals surface area contributed by atoms with Gasteiger partial charge in [-0.05, 0) is 18.6 Å². The van der Waals surface area contributed by atoms with E-state index in [1.54, 1.807) is 6.92 Å². The van der Waals surface area contributed by atoms with Crippen molar-refractivity contribution >= 4 is 16.9 Å². The van der Waals surface area contributed by atoms with E-state index >= 15 is 0 Å². The Morgan fingerprint density at radius 2 is 2.21 bits per heavy atom. The second-order valence-corrected chi connectivity index (χ2v) is 3.78. The number of benzene rings is 1. The van der Waals surface area contributed by atoms with Crippen LogP contribution in [0.1, 0.15) is 15.9 Å². The van der Waals surface area contributed by atoms with Crippen molar-refractivity contribution in [2.75, 3.05) is 5.75 Å². The second kappa shape index (κ2) is 4.43. The number of rotatable bonds is 3. The summed E-state index contributed by atoms with van der Waals surface area (Å²) in [6.45, 7) is 1.58. The molecule has 1 aromatic rings. The number of carbonyl (C=O) groups is 1. The van der Waals surface area contributed by atoms with Gasteiger partial charge in [0.1, 0.15) is 11.6 Å². The Balaban J connectivity index is 2.91. The first-order valence-corrected chi connectivity index (χ1v) is 5.15. The largest absolute Gasteiger partial charge is 0.306 e. The van der Waals surface area contributed by atoms with E-state index in [1.807, 2.05) is 0 Å². The van der Waals surface area contributed by atoms with E-state index in [2.05, 4.69) is 0 Å². The van der Waals surface area contributed by atoms with Crippen LogP contribution in [0.25, 0.3) is 0 Å². The molecule has 1 rings (SSSR count). The highest BCUT2D eigenvalue weighted by atomic mass is 32.2. The predicted molar refractivity (Wildman–Crippen MR) is 51.1 cm³/mol. The van der Waals surface area contributed by atoms with Crippen molar-refractivity contribution in [3.05, 3.63) is 35.1 Å². The van der Waals surface area contributed by atoms with Crippen LogP contribution in [-0.4, -0.2) is 20.3 Å². The Hall–Kier alpha value is -1.07. The summed E-state index contributed by atoms with van der Waals surface area (Å²) in [5, 5.41) is 0. The maximum absolute atomic E-state index is 13.0. The summed E-state index contributed by atoms with van der Waals surface area (Å²) in [6, 6.07) is 3.97. The molecule has 5 heteroatoms. The standard InChI is InChI=1S/C9H9FO3S/c1-6-2-3-7(4-8(6)10)9(11)5-14(12)13/h2-4H,5H2,1H3,(H,12,13). The predicted octanol–water partition coefficient (Wildman–Crippen LogP) is 1.54. The van der Waals surface area contributed by atoms with E-state index in [9.17, 15) is 13.4 Å². The lowest BCUT2D eigenvalue weighted by Gasteiger charge is -2.00. The molecule has 0 amide bonds. The molecule has 1 unspecified atom stereocenters. The molecule has 0 aromatic heterocycles. The number of hydrogen-bond donors (Lipinski definition) is 1. The molecule has 1 aromatic carbocycles. The average molecular weight is 216 g/mol. The Labute approximate surface area is 83.2 Å². The Bertz CT molecular complexity index is 390. The number of carbonyl (C=O) groups excluding carboxylic acids is 1. The molecule has 14 heavy (non-hydrogen) atoms. The molecule has 0 bridgehead atoms. The third-order valence-electron chi connectivity index (χ3n) is 1.75. The molecule has 1 atom stereocenters. The Kier molecular flexibility index (Phi) is 3.49. The molecule has 3 nitrogen and oxygen atoms in total. The molecule has 0 heterocycles. The summed E-state index contributed by atoms with van der Waals surface area (Å²) in [7, 11) is 0. The lowest BCUT2D eigenvalue weighted by atomic mass is 10.1. The maximum Gasteiger partial charge on any atom is 0.177 e. The van der Waals surface area contributed by atoms with Crippen molar-refractivity contribution in [1.29, 1.82) is 0 Å². The van der Waals surface area contributed by atoms with Crippen molar-refractivity contribution in [2.45, 2.75) is 6.92 Å². The first-order chi connectivity index (χ1) is 6.50. The summed E-state index contributed by atoms with van der Waals surface area (Å²) in [5.41, 5.74) is 0.558. The van der Waals surface area contributed by atoms with Crippen LogP contribution < -0.4 is 0 Å². The van der Waals surface area contributed by atoms with Crippen LogP contribution in [0.4, 0.5) is 4.39 Å². The number of halogens is 1. The molecular weight excluding hydrogens is 207 g/mol. The zero-order chi connectivity index (χ0) is 10.7. The highest BCUT2D eigenvalue weighted by molar-refractivity contribution is 7.80. The van der Waals surface area contributed by atoms with Crippen molar-refractivity contribution in [2.24, 2.45) is 0 Å². The summed E-state index contributed by atoms with van der Waals surface area (Å²) in [4.78, 5) is 11.2. The Morgan fingerprint density at radius 1 is 1.57 bits per heavy atom. The summed E-state index contributed by atoms with van der Waals surface area (Å²) >= 11 is -2.18. The monoisotopic (exact) mass is 216 g/mol. The summed E-state index contributed by atoms with van der Waals surface area (Å²) in [6.07, 6.45) is 0. The van der Waals surface area contributed by atoms with Crippen LogP contribution in [0.15, 0.2) is 18.2 Å². The molecule has 76 valence electrons. The lowest BCUT2D eigenvalue weighted by molar-refractivity contribution is 0.102. The zero-order valence-electron chi connectivity index (χ0n) is 7.49. The molecule has 0 spiro atoms. The van der Waals surface area contributed by atoms with Gasteiger partial charge in [-0.2, -0.15) is 0 Å². The van der Waals surface area contributed by atoms with Crippen LogP contribution in [0.5, 0.6) is 0 Å². The molecule has 0 aliphatic heterocycles. The van der Waals surface area contributed by atoms with Gasteiger partial charge < -0.3 is 4.55 Å². The van der Waals surface area contributed by atoms with Crippen LogP contribution in [0.3, 0.4) is 0 Å². The van der Waals surface area contributed by atoms with Gasteiger partial charge >= 0.3 is 0 Å². The minimum atomic E-state index is -2.18. The fourth-order valence-electron chi connectivity index (χ4n) is 0.962. The second-order valence-electron chi connectivity index (χ2n) is 2.85. The average Bonchev–Trinajstić information content (AvgIpc) is 2.08. The first kappa shape index (κ1) is 11.0. The Morgan fingerprint density at radius 3 is 2.71 bits per heavy atom. The number of ketones is 1. The van der Waals surface area contributed by atoms with Crippen molar-refractivity contribution < 1.29 is 17.9 Å². The topological polar surface area (TPSA) is 54.4 Å². The molecule has 1 N–H and O–H groups in total. The molecule has 0 saturated heterocycles. The summed E-state index contributed by atoms with van der Waals surface area (Å²) < 4.78 is 31.8.